The summed E-state index contributed by atoms with van der Waals surface area (Å²) in [7, 11) is 4.43. The fourth-order valence-corrected chi connectivity index (χ4v) is 5.71. The first-order valence-corrected chi connectivity index (χ1v) is 11.6. The SMILES string of the molecule is CN1CCC2(CC1)CN(C(=O)c1cnc3c(c1)ncn3C1CCCC1)CCCN2C. The molecular formula is C23H34N6O. The van der Waals surface area contributed by atoms with Gasteiger partial charge in [-0.2, -0.15) is 0 Å². The molecule has 2 aromatic rings. The number of hydrogen-bond donors (Lipinski definition) is 0. The standard InChI is InChI=1S/C23H34N6O/c1-26-12-8-23(9-13-26)16-28(11-5-10-27(23)2)22(30)18-14-20-21(24-15-18)29(17-25-20)19-6-3-4-7-19/h14-15,17,19H,3-13,16H2,1-2H3. The van der Waals surface area contributed by atoms with E-state index in [1.54, 1.807) is 6.20 Å². The fraction of sp³-hybridized carbons (Fsp3) is 0.696. The summed E-state index contributed by atoms with van der Waals surface area (Å²) in [6, 6.07) is 2.46. The molecule has 2 aromatic heterocycles. The van der Waals surface area contributed by atoms with Crippen LogP contribution in [0, 0.1) is 0 Å². The summed E-state index contributed by atoms with van der Waals surface area (Å²) in [5.41, 5.74) is 2.53. The van der Waals surface area contributed by atoms with Gasteiger partial charge in [-0.25, -0.2) is 9.97 Å². The molecule has 7 heteroatoms. The van der Waals surface area contributed by atoms with Gasteiger partial charge in [0.15, 0.2) is 5.65 Å². The Balaban J connectivity index is 1.38. The van der Waals surface area contributed by atoms with Crippen LogP contribution in [0.5, 0.6) is 0 Å². The molecule has 1 amide bonds. The summed E-state index contributed by atoms with van der Waals surface area (Å²) in [5, 5.41) is 0. The maximum absolute atomic E-state index is 13.5. The van der Waals surface area contributed by atoms with Crippen LogP contribution in [0.1, 0.15) is 61.3 Å². The molecule has 0 aromatic carbocycles. The van der Waals surface area contributed by atoms with Gasteiger partial charge in [0.25, 0.3) is 5.91 Å². The molecule has 4 heterocycles. The van der Waals surface area contributed by atoms with E-state index in [2.05, 4.69) is 43.3 Å². The second-order valence-electron chi connectivity index (χ2n) is 9.69. The maximum Gasteiger partial charge on any atom is 0.255 e. The number of carbonyl (C=O) groups is 1. The minimum atomic E-state index is 0.0975. The number of nitrogens with zero attached hydrogens (tertiary/aromatic N) is 6. The number of pyridine rings is 1. The van der Waals surface area contributed by atoms with Crippen molar-refractivity contribution in [2.45, 2.75) is 56.5 Å². The number of aromatic nitrogens is 3. The smallest absolute Gasteiger partial charge is 0.255 e. The van der Waals surface area contributed by atoms with Crippen molar-refractivity contribution in [3.63, 3.8) is 0 Å². The number of imidazole rings is 1. The molecule has 7 nitrogen and oxygen atoms in total. The normalized spacial score (nSPS) is 24.0. The van der Waals surface area contributed by atoms with Crippen molar-refractivity contribution >= 4 is 17.1 Å². The minimum Gasteiger partial charge on any atom is -0.337 e. The van der Waals surface area contributed by atoms with Crippen molar-refractivity contribution in [3.8, 4) is 0 Å². The largest absolute Gasteiger partial charge is 0.337 e. The molecule has 0 bridgehead atoms. The van der Waals surface area contributed by atoms with Gasteiger partial charge in [-0.1, -0.05) is 12.8 Å². The van der Waals surface area contributed by atoms with Crippen molar-refractivity contribution in [1.29, 1.82) is 0 Å². The van der Waals surface area contributed by atoms with Crippen molar-refractivity contribution < 1.29 is 4.79 Å². The number of likely N-dealkylation sites (N-methyl/N-ethyl adjacent to an activating group) is 1. The Kier molecular flexibility index (Phi) is 5.27. The minimum absolute atomic E-state index is 0.0975. The molecule has 1 saturated carbocycles. The van der Waals surface area contributed by atoms with Gasteiger partial charge in [-0.15, -0.1) is 0 Å². The highest BCUT2D eigenvalue weighted by Gasteiger charge is 2.41. The van der Waals surface area contributed by atoms with Crippen molar-refractivity contribution in [2.24, 2.45) is 0 Å². The number of rotatable bonds is 2. The van der Waals surface area contributed by atoms with Gasteiger partial charge < -0.3 is 14.4 Å². The molecule has 0 unspecified atom stereocenters. The Bertz CT molecular complexity index is 910. The first-order chi connectivity index (χ1) is 14.6. The van der Waals surface area contributed by atoms with Gasteiger partial charge in [0, 0.05) is 37.4 Å². The lowest BCUT2D eigenvalue weighted by Gasteiger charge is -2.47. The van der Waals surface area contributed by atoms with Crippen molar-refractivity contribution in [3.05, 3.63) is 24.2 Å². The van der Waals surface area contributed by atoms with Crippen LogP contribution < -0.4 is 0 Å². The number of piperidine rings is 1. The number of fused-ring (bicyclic) bond motifs is 1. The zero-order valence-corrected chi connectivity index (χ0v) is 18.4. The fourth-order valence-electron chi connectivity index (χ4n) is 5.71. The molecule has 3 aliphatic rings. The Labute approximate surface area is 179 Å². The molecule has 2 aliphatic heterocycles. The highest BCUT2D eigenvalue weighted by molar-refractivity contribution is 5.96. The molecule has 1 spiro atoms. The lowest BCUT2D eigenvalue weighted by atomic mass is 9.85. The summed E-state index contributed by atoms with van der Waals surface area (Å²) in [6.45, 7) is 4.87. The van der Waals surface area contributed by atoms with Crippen LogP contribution in [0.2, 0.25) is 0 Å². The van der Waals surface area contributed by atoms with Gasteiger partial charge in [-0.3, -0.25) is 9.69 Å². The molecule has 3 fully saturated rings. The quantitative estimate of drug-likeness (QED) is 0.762. The summed E-state index contributed by atoms with van der Waals surface area (Å²) in [6.07, 6.45) is 11.9. The highest BCUT2D eigenvalue weighted by Crippen LogP contribution is 2.33. The van der Waals surface area contributed by atoms with E-state index in [4.69, 9.17) is 0 Å². The van der Waals surface area contributed by atoms with E-state index in [1.807, 2.05) is 12.4 Å². The first kappa shape index (κ1) is 19.9. The van der Waals surface area contributed by atoms with Crippen LogP contribution in [-0.4, -0.2) is 87.5 Å². The highest BCUT2D eigenvalue weighted by atomic mass is 16.2. The molecule has 162 valence electrons. The van der Waals surface area contributed by atoms with Crippen molar-refractivity contribution in [1.82, 2.24) is 29.2 Å². The van der Waals surface area contributed by atoms with E-state index in [9.17, 15) is 4.79 Å². The van der Waals surface area contributed by atoms with E-state index in [0.717, 1.165) is 63.2 Å². The molecule has 1 aliphatic carbocycles. The van der Waals surface area contributed by atoms with Crippen LogP contribution >= 0.6 is 0 Å². The third-order valence-corrected chi connectivity index (χ3v) is 7.80. The maximum atomic E-state index is 13.5. The number of amides is 1. The molecule has 0 N–H and O–H groups in total. The van der Waals surface area contributed by atoms with Crippen LogP contribution in [0.3, 0.4) is 0 Å². The second-order valence-corrected chi connectivity index (χ2v) is 9.69. The van der Waals surface area contributed by atoms with Crippen LogP contribution in [-0.2, 0) is 0 Å². The summed E-state index contributed by atoms with van der Waals surface area (Å²) in [4.78, 5) is 29.7. The summed E-state index contributed by atoms with van der Waals surface area (Å²) < 4.78 is 2.21. The average Bonchev–Trinajstić information content (AvgIpc) is 3.40. The van der Waals surface area contributed by atoms with E-state index < -0.39 is 0 Å². The number of likely N-dealkylation sites (tertiary alicyclic amines) is 1. The number of hydrogen-bond acceptors (Lipinski definition) is 5. The van der Waals surface area contributed by atoms with Crippen LogP contribution in [0.4, 0.5) is 0 Å². The van der Waals surface area contributed by atoms with E-state index in [-0.39, 0.29) is 11.4 Å². The summed E-state index contributed by atoms with van der Waals surface area (Å²) in [5.74, 6) is 0.105. The third-order valence-electron chi connectivity index (χ3n) is 7.80. The zero-order valence-electron chi connectivity index (χ0n) is 18.4. The van der Waals surface area contributed by atoms with Gasteiger partial charge in [0.1, 0.15) is 5.52 Å². The third kappa shape index (κ3) is 3.52. The molecule has 0 atom stereocenters. The Morgan fingerprint density at radius 3 is 2.57 bits per heavy atom. The lowest BCUT2D eigenvalue weighted by molar-refractivity contribution is 0.0317. The number of carbonyl (C=O) groups excluding carboxylic acids is 1. The van der Waals surface area contributed by atoms with Crippen molar-refractivity contribution in [2.75, 3.05) is 46.8 Å². The topological polar surface area (TPSA) is 57.5 Å². The van der Waals surface area contributed by atoms with Gasteiger partial charge in [0.05, 0.1) is 11.9 Å². The molecule has 5 rings (SSSR count). The van der Waals surface area contributed by atoms with E-state index >= 15 is 0 Å². The zero-order chi connectivity index (χ0) is 20.7. The van der Waals surface area contributed by atoms with Crippen LogP contribution in [0.25, 0.3) is 11.2 Å². The summed E-state index contributed by atoms with van der Waals surface area (Å²) >= 11 is 0. The molecule has 0 radical (unpaired) electrons. The van der Waals surface area contributed by atoms with Gasteiger partial charge in [0.2, 0.25) is 0 Å². The van der Waals surface area contributed by atoms with Gasteiger partial charge >= 0.3 is 0 Å². The molecular weight excluding hydrogens is 376 g/mol. The average molecular weight is 411 g/mol. The lowest BCUT2D eigenvalue weighted by Crippen LogP contribution is -2.58. The predicted molar refractivity (Wildman–Crippen MR) is 118 cm³/mol. The monoisotopic (exact) mass is 410 g/mol. The Morgan fingerprint density at radius 1 is 1.03 bits per heavy atom. The Morgan fingerprint density at radius 2 is 1.80 bits per heavy atom. The predicted octanol–water partition coefficient (Wildman–Crippen LogP) is 2.79. The van der Waals surface area contributed by atoms with Gasteiger partial charge in [-0.05, 0) is 65.4 Å². The molecule has 30 heavy (non-hydrogen) atoms. The van der Waals surface area contributed by atoms with E-state index in [1.165, 1.54) is 25.7 Å². The molecule has 2 saturated heterocycles. The van der Waals surface area contributed by atoms with E-state index in [0.29, 0.717) is 11.6 Å². The Hall–Kier alpha value is -1.99. The second kappa shape index (κ2) is 7.93. The van der Waals surface area contributed by atoms with Crippen LogP contribution in [0.15, 0.2) is 18.6 Å². The first-order valence-electron chi connectivity index (χ1n) is 11.6.